The standard InChI is InChI=1S/C20H28N4O5/c1-11(2)7-16(19(27)24-17(10-25)20(28)29)23-18(26)14(21)8-12-9-22-15-6-4-3-5-13(12)15/h3-6,9,11,14,16-17,22,25H,7-8,10,21H2,1-2H3,(H,23,26)(H,24,27)(H,28,29)/t14-,16-,17-/m0/s1. The van der Waals surface area contributed by atoms with Gasteiger partial charge in [0, 0.05) is 17.1 Å². The number of aliphatic hydroxyl groups excluding tert-OH is 1. The molecule has 7 N–H and O–H groups in total. The summed E-state index contributed by atoms with van der Waals surface area (Å²) in [6, 6.07) is 4.38. The molecule has 3 atom stereocenters. The number of hydrogen-bond donors (Lipinski definition) is 6. The molecule has 29 heavy (non-hydrogen) atoms. The van der Waals surface area contributed by atoms with Gasteiger partial charge in [0.2, 0.25) is 11.8 Å². The number of amides is 2. The lowest BCUT2D eigenvalue weighted by Crippen LogP contribution is -2.55. The average Bonchev–Trinajstić information content (AvgIpc) is 3.07. The van der Waals surface area contributed by atoms with Crippen LogP contribution in [0.1, 0.15) is 25.8 Å². The highest BCUT2D eigenvalue weighted by atomic mass is 16.4. The van der Waals surface area contributed by atoms with Gasteiger partial charge in [0.05, 0.1) is 12.6 Å². The molecule has 1 aromatic carbocycles. The highest BCUT2D eigenvalue weighted by Crippen LogP contribution is 2.18. The quantitative estimate of drug-likeness (QED) is 0.330. The number of aromatic amines is 1. The summed E-state index contributed by atoms with van der Waals surface area (Å²) in [4.78, 5) is 39.2. The number of aliphatic hydroxyl groups is 1. The molecule has 9 heteroatoms. The van der Waals surface area contributed by atoms with Crippen molar-refractivity contribution in [2.45, 2.75) is 44.8 Å². The average molecular weight is 404 g/mol. The number of nitrogens with two attached hydrogens (primary N) is 1. The smallest absolute Gasteiger partial charge is 0.328 e. The second-order valence-electron chi connectivity index (χ2n) is 7.44. The second kappa shape index (κ2) is 10.0. The lowest BCUT2D eigenvalue weighted by Gasteiger charge is -2.23. The van der Waals surface area contributed by atoms with Gasteiger partial charge in [0.25, 0.3) is 0 Å². The number of para-hydroxylation sites is 1. The number of carboxylic acid groups (broad SMARTS) is 1. The van der Waals surface area contributed by atoms with Crippen LogP contribution in [0.15, 0.2) is 30.5 Å². The first kappa shape index (κ1) is 22.4. The van der Waals surface area contributed by atoms with Crippen molar-refractivity contribution >= 4 is 28.7 Å². The first-order valence-corrected chi connectivity index (χ1v) is 9.47. The maximum atomic E-state index is 12.6. The number of nitrogens with one attached hydrogen (secondary N) is 3. The fourth-order valence-corrected chi connectivity index (χ4v) is 3.07. The zero-order chi connectivity index (χ0) is 21.6. The third-order valence-electron chi connectivity index (χ3n) is 4.59. The normalized spacial score (nSPS) is 14.4. The Morgan fingerprint density at radius 2 is 1.76 bits per heavy atom. The Bertz CT molecular complexity index is 863. The van der Waals surface area contributed by atoms with E-state index in [1.807, 2.05) is 38.1 Å². The fraction of sp³-hybridized carbons (Fsp3) is 0.450. The molecule has 2 aromatic rings. The Kier molecular flexibility index (Phi) is 7.74. The molecule has 0 spiro atoms. The minimum atomic E-state index is -1.44. The van der Waals surface area contributed by atoms with Crippen LogP contribution in [0, 0.1) is 5.92 Å². The number of H-pyrrole nitrogens is 1. The van der Waals surface area contributed by atoms with E-state index in [0.717, 1.165) is 16.5 Å². The summed E-state index contributed by atoms with van der Waals surface area (Å²) in [6.07, 6.45) is 2.38. The number of aromatic nitrogens is 1. The molecule has 2 rings (SSSR count). The van der Waals surface area contributed by atoms with Crippen LogP contribution >= 0.6 is 0 Å². The topological polar surface area (TPSA) is 158 Å². The summed E-state index contributed by atoms with van der Waals surface area (Å²) >= 11 is 0. The largest absolute Gasteiger partial charge is 0.480 e. The van der Waals surface area contributed by atoms with Gasteiger partial charge in [-0.25, -0.2) is 4.79 Å². The van der Waals surface area contributed by atoms with Gasteiger partial charge in [-0.3, -0.25) is 9.59 Å². The molecule has 9 nitrogen and oxygen atoms in total. The predicted molar refractivity (Wildman–Crippen MR) is 108 cm³/mol. The Morgan fingerprint density at radius 3 is 2.38 bits per heavy atom. The van der Waals surface area contributed by atoms with Gasteiger partial charge in [-0.05, 0) is 30.4 Å². The molecule has 0 saturated heterocycles. The number of carbonyl (C=O) groups excluding carboxylic acids is 2. The highest BCUT2D eigenvalue weighted by molar-refractivity contribution is 5.92. The highest BCUT2D eigenvalue weighted by Gasteiger charge is 2.28. The minimum Gasteiger partial charge on any atom is -0.480 e. The Labute approximate surface area is 168 Å². The molecule has 0 aliphatic carbocycles. The molecular formula is C20H28N4O5. The van der Waals surface area contributed by atoms with Crippen molar-refractivity contribution in [2.24, 2.45) is 11.7 Å². The molecular weight excluding hydrogens is 376 g/mol. The number of carbonyl (C=O) groups is 3. The molecule has 0 radical (unpaired) electrons. The third-order valence-corrected chi connectivity index (χ3v) is 4.59. The van der Waals surface area contributed by atoms with Crippen LogP contribution in [-0.2, 0) is 20.8 Å². The van der Waals surface area contributed by atoms with Crippen molar-refractivity contribution in [3.05, 3.63) is 36.0 Å². The van der Waals surface area contributed by atoms with E-state index < -0.39 is 42.5 Å². The van der Waals surface area contributed by atoms with Crippen LogP contribution in [0.3, 0.4) is 0 Å². The molecule has 0 saturated carbocycles. The Morgan fingerprint density at radius 1 is 1.10 bits per heavy atom. The number of rotatable bonds is 10. The molecule has 2 amide bonds. The molecule has 158 valence electrons. The summed E-state index contributed by atoms with van der Waals surface area (Å²) in [6.45, 7) is 3.00. The van der Waals surface area contributed by atoms with Crippen LogP contribution in [-0.4, -0.2) is 57.7 Å². The lowest BCUT2D eigenvalue weighted by atomic mass is 10.0. The first-order chi connectivity index (χ1) is 13.7. The van der Waals surface area contributed by atoms with Crippen LogP contribution in [0.5, 0.6) is 0 Å². The van der Waals surface area contributed by atoms with E-state index in [1.54, 1.807) is 6.20 Å². The van der Waals surface area contributed by atoms with Crippen LogP contribution in [0.4, 0.5) is 0 Å². The van der Waals surface area contributed by atoms with Gasteiger partial charge in [0.15, 0.2) is 0 Å². The number of carboxylic acids is 1. The maximum absolute atomic E-state index is 12.6. The fourth-order valence-electron chi connectivity index (χ4n) is 3.07. The third kappa shape index (κ3) is 6.03. The van der Waals surface area contributed by atoms with Crippen molar-refractivity contribution < 1.29 is 24.6 Å². The molecule has 1 aromatic heterocycles. The van der Waals surface area contributed by atoms with Crippen LogP contribution in [0.25, 0.3) is 10.9 Å². The maximum Gasteiger partial charge on any atom is 0.328 e. The Balaban J connectivity index is 2.06. The number of benzene rings is 1. The number of fused-ring (bicyclic) bond motifs is 1. The minimum absolute atomic E-state index is 0.0632. The van der Waals surface area contributed by atoms with E-state index in [-0.39, 0.29) is 12.3 Å². The van der Waals surface area contributed by atoms with E-state index >= 15 is 0 Å². The molecule has 0 bridgehead atoms. The lowest BCUT2D eigenvalue weighted by molar-refractivity contribution is -0.143. The molecule has 1 heterocycles. The van der Waals surface area contributed by atoms with E-state index in [9.17, 15) is 14.4 Å². The summed E-state index contributed by atoms with van der Waals surface area (Å²) in [7, 11) is 0. The molecule has 0 unspecified atom stereocenters. The zero-order valence-electron chi connectivity index (χ0n) is 16.5. The van der Waals surface area contributed by atoms with Crippen molar-refractivity contribution in [1.82, 2.24) is 15.6 Å². The van der Waals surface area contributed by atoms with Crippen LogP contribution < -0.4 is 16.4 Å². The van der Waals surface area contributed by atoms with Crippen molar-refractivity contribution in [1.29, 1.82) is 0 Å². The Hall–Kier alpha value is -2.91. The monoisotopic (exact) mass is 404 g/mol. The first-order valence-electron chi connectivity index (χ1n) is 9.47. The summed E-state index contributed by atoms with van der Waals surface area (Å²) < 4.78 is 0. The summed E-state index contributed by atoms with van der Waals surface area (Å²) in [5.41, 5.74) is 7.89. The van der Waals surface area contributed by atoms with Crippen molar-refractivity contribution in [2.75, 3.05) is 6.61 Å². The number of hydrogen-bond acceptors (Lipinski definition) is 5. The van der Waals surface area contributed by atoms with Gasteiger partial charge in [-0.2, -0.15) is 0 Å². The zero-order valence-corrected chi connectivity index (χ0v) is 16.5. The van der Waals surface area contributed by atoms with E-state index in [4.69, 9.17) is 15.9 Å². The van der Waals surface area contributed by atoms with Crippen LogP contribution in [0.2, 0.25) is 0 Å². The number of aliphatic carboxylic acids is 1. The molecule has 0 aliphatic rings. The van der Waals surface area contributed by atoms with Gasteiger partial charge in [-0.1, -0.05) is 32.0 Å². The summed E-state index contributed by atoms with van der Waals surface area (Å²) in [5, 5.41) is 23.9. The van der Waals surface area contributed by atoms with Crippen molar-refractivity contribution in [3.63, 3.8) is 0 Å². The predicted octanol–water partition coefficient (Wildman–Crippen LogP) is 0.130. The van der Waals surface area contributed by atoms with E-state index in [1.165, 1.54) is 0 Å². The van der Waals surface area contributed by atoms with E-state index in [2.05, 4.69) is 15.6 Å². The summed E-state index contributed by atoms with van der Waals surface area (Å²) in [5.74, 6) is -2.47. The molecule has 0 fully saturated rings. The van der Waals surface area contributed by atoms with Gasteiger partial charge in [-0.15, -0.1) is 0 Å². The van der Waals surface area contributed by atoms with Gasteiger partial charge < -0.3 is 31.6 Å². The van der Waals surface area contributed by atoms with Crippen molar-refractivity contribution in [3.8, 4) is 0 Å². The second-order valence-corrected chi connectivity index (χ2v) is 7.44. The SMILES string of the molecule is CC(C)C[C@H](NC(=O)[C@@H](N)Cc1c[nH]c2ccccc12)C(=O)N[C@@H](CO)C(=O)O. The van der Waals surface area contributed by atoms with Gasteiger partial charge >= 0.3 is 5.97 Å². The molecule has 0 aliphatic heterocycles. The van der Waals surface area contributed by atoms with Gasteiger partial charge in [0.1, 0.15) is 12.1 Å². The van der Waals surface area contributed by atoms with E-state index in [0.29, 0.717) is 6.42 Å².